The van der Waals surface area contributed by atoms with Crippen molar-refractivity contribution in [2.45, 2.75) is 31.8 Å². The van der Waals surface area contributed by atoms with Crippen LogP contribution in [0.3, 0.4) is 0 Å². The average Bonchev–Trinajstić information content (AvgIpc) is 2.22. The summed E-state index contributed by atoms with van der Waals surface area (Å²) in [6.45, 7) is 2.52. The van der Waals surface area contributed by atoms with Crippen molar-refractivity contribution in [3.8, 4) is 0 Å². The number of methoxy groups -OCH3 is 1. The summed E-state index contributed by atoms with van der Waals surface area (Å²) in [5, 5.41) is 2.89. The number of carbonyl (C=O) groups is 1. The van der Waals surface area contributed by atoms with Crippen LogP contribution in [0.1, 0.15) is 19.8 Å². The number of hydrogen-bond donors (Lipinski definition) is 2. The Hall–Kier alpha value is -0.260. The first-order valence-corrected chi connectivity index (χ1v) is 6.55. The second kappa shape index (κ2) is 9.00. The van der Waals surface area contributed by atoms with E-state index in [0.29, 0.717) is 13.0 Å². The highest BCUT2D eigenvalue weighted by Crippen LogP contribution is 2.00. The molecule has 15 heavy (non-hydrogen) atoms. The van der Waals surface area contributed by atoms with Gasteiger partial charge in [0.15, 0.2) is 0 Å². The monoisotopic (exact) mass is 234 g/mol. The van der Waals surface area contributed by atoms with Crippen LogP contribution in [-0.4, -0.2) is 43.7 Å². The van der Waals surface area contributed by atoms with Gasteiger partial charge in [-0.05, 0) is 31.8 Å². The van der Waals surface area contributed by atoms with E-state index in [-0.39, 0.29) is 11.9 Å². The lowest BCUT2D eigenvalue weighted by Gasteiger charge is -2.16. The first kappa shape index (κ1) is 14.7. The molecule has 0 aromatic rings. The van der Waals surface area contributed by atoms with Gasteiger partial charge in [-0.25, -0.2) is 0 Å². The molecular formula is C10H22N2O2S. The minimum Gasteiger partial charge on any atom is -0.385 e. The standard InChI is InChI=1S/C10H22N2O2S/c1-8(5-7-15-3)12-10(13)9(11)4-6-14-2/h8-9H,4-7,11H2,1-3H3,(H,12,13). The number of rotatable bonds is 8. The summed E-state index contributed by atoms with van der Waals surface area (Å²) >= 11 is 1.78. The van der Waals surface area contributed by atoms with E-state index in [1.54, 1.807) is 18.9 Å². The summed E-state index contributed by atoms with van der Waals surface area (Å²) in [7, 11) is 1.60. The van der Waals surface area contributed by atoms with E-state index in [1.165, 1.54) is 0 Å². The normalized spacial score (nSPS) is 14.7. The van der Waals surface area contributed by atoms with E-state index < -0.39 is 6.04 Å². The van der Waals surface area contributed by atoms with E-state index in [0.717, 1.165) is 12.2 Å². The Morgan fingerprint density at radius 3 is 2.73 bits per heavy atom. The molecule has 0 saturated heterocycles. The fraction of sp³-hybridized carbons (Fsp3) is 0.900. The third kappa shape index (κ3) is 7.64. The number of carbonyl (C=O) groups excluding carboxylic acids is 1. The van der Waals surface area contributed by atoms with Gasteiger partial charge in [-0.15, -0.1) is 0 Å². The lowest BCUT2D eigenvalue weighted by Crippen LogP contribution is -2.45. The minimum atomic E-state index is -0.457. The van der Waals surface area contributed by atoms with Gasteiger partial charge in [0.25, 0.3) is 0 Å². The van der Waals surface area contributed by atoms with Gasteiger partial charge in [0.2, 0.25) is 5.91 Å². The molecule has 0 aliphatic carbocycles. The molecule has 5 heteroatoms. The smallest absolute Gasteiger partial charge is 0.237 e. The van der Waals surface area contributed by atoms with Gasteiger partial charge in [-0.3, -0.25) is 4.79 Å². The average molecular weight is 234 g/mol. The largest absolute Gasteiger partial charge is 0.385 e. The summed E-state index contributed by atoms with van der Waals surface area (Å²) in [6, 6.07) is -0.264. The Morgan fingerprint density at radius 1 is 1.53 bits per heavy atom. The van der Waals surface area contributed by atoms with Gasteiger partial charge in [0, 0.05) is 19.8 Å². The van der Waals surface area contributed by atoms with Gasteiger partial charge in [-0.2, -0.15) is 11.8 Å². The molecule has 0 saturated carbocycles. The number of thioether (sulfide) groups is 1. The summed E-state index contributed by atoms with van der Waals surface area (Å²) in [5.41, 5.74) is 5.68. The molecule has 0 aliphatic rings. The molecule has 0 bridgehead atoms. The topological polar surface area (TPSA) is 64.3 Å². The SMILES string of the molecule is COCCC(N)C(=O)NC(C)CCSC. The van der Waals surface area contributed by atoms with Crippen LogP contribution in [0.25, 0.3) is 0 Å². The maximum Gasteiger partial charge on any atom is 0.237 e. The number of amides is 1. The zero-order chi connectivity index (χ0) is 11.7. The molecular weight excluding hydrogens is 212 g/mol. The summed E-state index contributed by atoms with van der Waals surface area (Å²) in [4.78, 5) is 11.5. The second-order valence-corrected chi connectivity index (χ2v) is 4.56. The number of nitrogens with one attached hydrogen (secondary N) is 1. The van der Waals surface area contributed by atoms with Gasteiger partial charge >= 0.3 is 0 Å². The molecule has 0 rings (SSSR count). The van der Waals surface area contributed by atoms with Crippen molar-refractivity contribution < 1.29 is 9.53 Å². The molecule has 3 N–H and O–H groups in total. The first-order chi connectivity index (χ1) is 7.11. The molecule has 1 amide bonds. The van der Waals surface area contributed by atoms with E-state index in [9.17, 15) is 4.79 Å². The highest BCUT2D eigenvalue weighted by Gasteiger charge is 2.14. The van der Waals surface area contributed by atoms with Crippen LogP contribution < -0.4 is 11.1 Å². The predicted octanol–water partition coefficient (Wildman–Crippen LogP) is 0.608. The van der Waals surface area contributed by atoms with Crippen molar-refractivity contribution in [3.63, 3.8) is 0 Å². The molecule has 0 aromatic heterocycles. The third-order valence-corrected chi connectivity index (χ3v) is 2.76. The molecule has 4 nitrogen and oxygen atoms in total. The van der Waals surface area contributed by atoms with Crippen LogP contribution >= 0.6 is 11.8 Å². The van der Waals surface area contributed by atoms with E-state index in [1.807, 2.05) is 6.92 Å². The summed E-state index contributed by atoms with van der Waals surface area (Å²) in [6.07, 6.45) is 3.60. The van der Waals surface area contributed by atoms with Crippen molar-refractivity contribution >= 4 is 17.7 Å². The van der Waals surface area contributed by atoms with E-state index in [2.05, 4.69) is 11.6 Å². The fourth-order valence-corrected chi connectivity index (χ4v) is 1.68. The van der Waals surface area contributed by atoms with Gasteiger partial charge < -0.3 is 15.8 Å². The Bertz CT molecular complexity index is 179. The lowest BCUT2D eigenvalue weighted by molar-refractivity contribution is -0.123. The number of hydrogen-bond acceptors (Lipinski definition) is 4. The van der Waals surface area contributed by atoms with Crippen LogP contribution in [0.2, 0.25) is 0 Å². The van der Waals surface area contributed by atoms with Crippen molar-refractivity contribution in [1.82, 2.24) is 5.32 Å². The van der Waals surface area contributed by atoms with Crippen molar-refractivity contribution in [1.29, 1.82) is 0 Å². The Kier molecular flexibility index (Phi) is 8.85. The van der Waals surface area contributed by atoms with E-state index in [4.69, 9.17) is 10.5 Å². The summed E-state index contributed by atoms with van der Waals surface area (Å²) in [5.74, 6) is 0.968. The lowest BCUT2D eigenvalue weighted by atomic mass is 10.2. The molecule has 0 radical (unpaired) electrons. The fourth-order valence-electron chi connectivity index (χ4n) is 1.09. The van der Waals surface area contributed by atoms with Crippen LogP contribution in [0, 0.1) is 0 Å². The van der Waals surface area contributed by atoms with Crippen molar-refractivity contribution in [2.24, 2.45) is 5.73 Å². The zero-order valence-corrected chi connectivity index (χ0v) is 10.6. The van der Waals surface area contributed by atoms with E-state index >= 15 is 0 Å². The van der Waals surface area contributed by atoms with Crippen LogP contribution in [-0.2, 0) is 9.53 Å². The second-order valence-electron chi connectivity index (χ2n) is 3.58. The summed E-state index contributed by atoms with van der Waals surface area (Å²) < 4.78 is 4.87. The Balaban J connectivity index is 3.70. The van der Waals surface area contributed by atoms with Crippen LogP contribution in [0.4, 0.5) is 0 Å². The highest BCUT2D eigenvalue weighted by molar-refractivity contribution is 7.98. The highest BCUT2D eigenvalue weighted by atomic mass is 32.2. The third-order valence-electron chi connectivity index (χ3n) is 2.11. The molecule has 2 atom stereocenters. The molecule has 2 unspecified atom stereocenters. The van der Waals surface area contributed by atoms with Crippen LogP contribution in [0.5, 0.6) is 0 Å². The van der Waals surface area contributed by atoms with Gasteiger partial charge in [0.1, 0.15) is 0 Å². The first-order valence-electron chi connectivity index (χ1n) is 5.15. The molecule has 0 spiro atoms. The van der Waals surface area contributed by atoms with Crippen molar-refractivity contribution in [2.75, 3.05) is 25.7 Å². The molecule has 90 valence electrons. The maximum atomic E-state index is 11.5. The minimum absolute atomic E-state index is 0.0827. The van der Waals surface area contributed by atoms with Crippen LogP contribution in [0.15, 0.2) is 0 Å². The number of ether oxygens (including phenoxy) is 1. The zero-order valence-electron chi connectivity index (χ0n) is 9.79. The molecule has 0 heterocycles. The molecule has 0 fully saturated rings. The van der Waals surface area contributed by atoms with Gasteiger partial charge in [0.05, 0.1) is 6.04 Å². The Labute approximate surface area is 96.3 Å². The Morgan fingerprint density at radius 2 is 2.20 bits per heavy atom. The predicted molar refractivity (Wildman–Crippen MR) is 65.1 cm³/mol. The number of nitrogens with two attached hydrogens (primary N) is 1. The van der Waals surface area contributed by atoms with Gasteiger partial charge in [-0.1, -0.05) is 0 Å². The molecule has 0 aromatic carbocycles. The molecule has 0 aliphatic heterocycles. The quantitative estimate of drug-likeness (QED) is 0.646. The van der Waals surface area contributed by atoms with Crippen molar-refractivity contribution in [3.05, 3.63) is 0 Å². The maximum absolute atomic E-state index is 11.5.